The van der Waals surface area contributed by atoms with E-state index in [1.165, 1.54) is 6.92 Å². The number of carbonyl (C=O) groups is 2. The minimum atomic E-state index is -0.305. The zero-order chi connectivity index (χ0) is 12.9. The average molecular weight is 249 g/mol. The van der Waals surface area contributed by atoms with Crippen molar-refractivity contribution in [3.63, 3.8) is 0 Å². The number of fused-ring (bicyclic) bond motifs is 3. The lowest BCUT2D eigenvalue weighted by Crippen LogP contribution is -2.62. The summed E-state index contributed by atoms with van der Waals surface area (Å²) in [7, 11) is 1.74. The Kier molecular flexibility index (Phi) is 2.29. The number of carbonyl (C=O) groups excluding carboxylic acids is 2. The molecule has 0 radical (unpaired) electrons. The first-order chi connectivity index (χ1) is 8.59. The number of hydrogen-bond acceptors (Lipinski definition) is 4. The van der Waals surface area contributed by atoms with Crippen LogP contribution in [0.25, 0.3) is 0 Å². The minimum Gasteiger partial charge on any atom is -0.340 e. The largest absolute Gasteiger partial charge is 0.340 e. The minimum absolute atomic E-state index is 0.00912. The molecule has 3 rings (SSSR count). The van der Waals surface area contributed by atoms with Gasteiger partial charge in [-0.05, 0) is 0 Å². The van der Waals surface area contributed by atoms with E-state index in [-0.39, 0.29) is 17.9 Å². The first-order valence-corrected chi connectivity index (χ1v) is 5.92. The van der Waals surface area contributed by atoms with E-state index in [4.69, 9.17) is 0 Å². The van der Waals surface area contributed by atoms with Gasteiger partial charge in [-0.3, -0.25) is 14.7 Å². The molecule has 0 spiro atoms. The number of amides is 2. The van der Waals surface area contributed by atoms with Crippen LogP contribution in [0.1, 0.15) is 6.92 Å². The van der Waals surface area contributed by atoms with Crippen molar-refractivity contribution in [1.29, 1.82) is 0 Å². The molecule has 0 bridgehead atoms. The molecule has 0 aliphatic carbocycles. The lowest BCUT2D eigenvalue weighted by atomic mass is 10.1. The van der Waals surface area contributed by atoms with Crippen molar-refractivity contribution in [3.05, 3.63) is 6.20 Å². The summed E-state index contributed by atoms with van der Waals surface area (Å²) in [5.74, 6) is 0.890. The molecular formula is C11H15N5O2. The second kappa shape index (κ2) is 3.72. The molecule has 2 amide bonds. The molecule has 2 aliphatic rings. The fourth-order valence-corrected chi connectivity index (χ4v) is 2.62. The van der Waals surface area contributed by atoms with Crippen LogP contribution in [-0.4, -0.2) is 59.6 Å². The Morgan fingerprint density at radius 3 is 3.00 bits per heavy atom. The number of aromatic nitrogens is 2. The van der Waals surface area contributed by atoms with Crippen LogP contribution >= 0.6 is 0 Å². The first-order valence-electron chi connectivity index (χ1n) is 5.92. The second-order valence-electron chi connectivity index (χ2n) is 4.68. The number of likely N-dealkylation sites (N-methyl/N-ethyl adjacent to an activating group) is 1. The molecule has 96 valence electrons. The molecule has 3 heterocycles. The number of piperazine rings is 1. The summed E-state index contributed by atoms with van der Waals surface area (Å²) in [6.45, 7) is 3.27. The van der Waals surface area contributed by atoms with E-state index in [2.05, 4.69) is 10.2 Å². The summed E-state index contributed by atoms with van der Waals surface area (Å²) in [6, 6.07) is -0.305. The van der Waals surface area contributed by atoms with Gasteiger partial charge in [-0.15, -0.1) is 0 Å². The SMILES string of the molecule is CC(=O)N1CCN2c3[nH]ncc3N(C)C(=O)[C@H]2C1. The van der Waals surface area contributed by atoms with E-state index in [0.29, 0.717) is 19.6 Å². The van der Waals surface area contributed by atoms with Crippen molar-refractivity contribution < 1.29 is 9.59 Å². The summed E-state index contributed by atoms with van der Waals surface area (Å²) >= 11 is 0. The van der Waals surface area contributed by atoms with Gasteiger partial charge in [0.05, 0.1) is 12.7 Å². The number of H-pyrrole nitrogens is 1. The highest BCUT2D eigenvalue weighted by atomic mass is 16.2. The van der Waals surface area contributed by atoms with Crippen molar-refractivity contribution in [2.24, 2.45) is 0 Å². The fraction of sp³-hybridized carbons (Fsp3) is 0.545. The van der Waals surface area contributed by atoms with Gasteiger partial charge in [-0.2, -0.15) is 5.10 Å². The quantitative estimate of drug-likeness (QED) is 0.668. The molecular weight excluding hydrogens is 234 g/mol. The molecule has 1 N–H and O–H groups in total. The smallest absolute Gasteiger partial charge is 0.251 e. The van der Waals surface area contributed by atoms with E-state index < -0.39 is 0 Å². The van der Waals surface area contributed by atoms with Crippen LogP contribution in [0, 0.1) is 0 Å². The maximum Gasteiger partial charge on any atom is 0.251 e. The molecule has 0 saturated carbocycles. The molecule has 1 atom stereocenters. The summed E-state index contributed by atoms with van der Waals surface area (Å²) < 4.78 is 0. The topological polar surface area (TPSA) is 72.5 Å². The zero-order valence-corrected chi connectivity index (χ0v) is 10.4. The Labute approximate surface area is 104 Å². The highest BCUT2D eigenvalue weighted by Crippen LogP contribution is 2.34. The third-order valence-electron chi connectivity index (χ3n) is 3.69. The van der Waals surface area contributed by atoms with Crippen molar-refractivity contribution >= 4 is 23.3 Å². The van der Waals surface area contributed by atoms with E-state index >= 15 is 0 Å². The molecule has 1 saturated heterocycles. The third kappa shape index (κ3) is 1.40. The van der Waals surface area contributed by atoms with E-state index in [9.17, 15) is 9.59 Å². The van der Waals surface area contributed by atoms with Crippen molar-refractivity contribution in [1.82, 2.24) is 15.1 Å². The van der Waals surface area contributed by atoms with Crippen molar-refractivity contribution in [3.8, 4) is 0 Å². The first kappa shape index (κ1) is 11.1. The van der Waals surface area contributed by atoms with Gasteiger partial charge in [0.2, 0.25) is 5.91 Å². The lowest BCUT2D eigenvalue weighted by molar-refractivity contribution is -0.131. The number of aromatic amines is 1. The van der Waals surface area contributed by atoms with Crippen LogP contribution in [0.2, 0.25) is 0 Å². The highest BCUT2D eigenvalue weighted by Gasteiger charge is 2.41. The molecule has 1 aromatic rings. The molecule has 1 fully saturated rings. The van der Waals surface area contributed by atoms with Gasteiger partial charge in [-0.25, -0.2) is 0 Å². The Bertz CT molecular complexity index is 511. The Morgan fingerprint density at radius 1 is 1.50 bits per heavy atom. The van der Waals surface area contributed by atoms with Gasteiger partial charge in [0.15, 0.2) is 0 Å². The Balaban J connectivity index is 1.96. The van der Waals surface area contributed by atoms with Gasteiger partial charge in [0.1, 0.15) is 17.5 Å². The molecule has 0 aromatic carbocycles. The lowest BCUT2D eigenvalue weighted by Gasteiger charge is -2.45. The van der Waals surface area contributed by atoms with Crippen LogP contribution < -0.4 is 9.80 Å². The predicted molar refractivity (Wildman–Crippen MR) is 65.4 cm³/mol. The third-order valence-corrected chi connectivity index (χ3v) is 3.69. The summed E-state index contributed by atoms with van der Waals surface area (Å²) in [5, 5.41) is 6.92. The summed E-state index contributed by atoms with van der Waals surface area (Å²) in [6.07, 6.45) is 1.65. The van der Waals surface area contributed by atoms with Gasteiger partial charge in [0, 0.05) is 27.1 Å². The Morgan fingerprint density at radius 2 is 2.28 bits per heavy atom. The van der Waals surface area contributed by atoms with Crippen LogP contribution in [0.3, 0.4) is 0 Å². The van der Waals surface area contributed by atoms with Gasteiger partial charge >= 0.3 is 0 Å². The summed E-state index contributed by atoms with van der Waals surface area (Å²) in [4.78, 5) is 29.0. The molecule has 0 unspecified atom stereocenters. The molecule has 7 heteroatoms. The summed E-state index contributed by atoms with van der Waals surface area (Å²) in [5.41, 5.74) is 0.799. The van der Waals surface area contributed by atoms with Gasteiger partial charge < -0.3 is 14.7 Å². The van der Waals surface area contributed by atoms with E-state index in [0.717, 1.165) is 11.5 Å². The molecule has 18 heavy (non-hydrogen) atoms. The van der Waals surface area contributed by atoms with Gasteiger partial charge in [-0.1, -0.05) is 0 Å². The average Bonchev–Trinajstić information content (AvgIpc) is 2.84. The van der Waals surface area contributed by atoms with Crippen LogP contribution in [-0.2, 0) is 9.59 Å². The normalized spacial score (nSPS) is 22.9. The maximum atomic E-state index is 12.3. The number of rotatable bonds is 0. The van der Waals surface area contributed by atoms with Crippen LogP contribution in [0.5, 0.6) is 0 Å². The number of hydrogen-bond donors (Lipinski definition) is 1. The van der Waals surface area contributed by atoms with E-state index in [1.807, 2.05) is 4.90 Å². The van der Waals surface area contributed by atoms with Crippen LogP contribution in [0.4, 0.5) is 11.5 Å². The van der Waals surface area contributed by atoms with E-state index in [1.54, 1.807) is 23.0 Å². The van der Waals surface area contributed by atoms with Crippen molar-refractivity contribution in [2.45, 2.75) is 13.0 Å². The number of nitrogens with one attached hydrogen (secondary N) is 1. The van der Waals surface area contributed by atoms with Gasteiger partial charge in [0.25, 0.3) is 5.91 Å². The van der Waals surface area contributed by atoms with Crippen LogP contribution in [0.15, 0.2) is 6.20 Å². The maximum absolute atomic E-state index is 12.3. The standard InChI is InChI=1S/C11H15N5O2/c1-7(17)15-3-4-16-9(6-15)11(18)14(2)8-5-12-13-10(8)16/h5,9H,3-4,6H2,1-2H3,(H,12,13)/t9-/m1/s1. The predicted octanol–water partition coefficient (Wildman–Crippen LogP) is -0.577. The monoisotopic (exact) mass is 249 g/mol. The highest BCUT2D eigenvalue weighted by molar-refractivity contribution is 6.04. The fourth-order valence-electron chi connectivity index (χ4n) is 2.62. The molecule has 1 aromatic heterocycles. The number of anilines is 2. The number of nitrogens with zero attached hydrogens (tertiary/aromatic N) is 4. The molecule has 7 nitrogen and oxygen atoms in total. The Hall–Kier alpha value is -2.05. The second-order valence-corrected chi connectivity index (χ2v) is 4.68. The van der Waals surface area contributed by atoms with Crippen molar-refractivity contribution in [2.75, 3.05) is 36.5 Å². The zero-order valence-electron chi connectivity index (χ0n) is 10.4. The molecule has 2 aliphatic heterocycles.